The Morgan fingerprint density at radius 1 is 1.13 bits per heavy atom. The molecule has 0 bridgehead atoms. The Bertz CT molecular complexity index is 1020. The molecule has 30 heavy (non-hydrogen) atoms. The van der Waals surface area contributed by atoms with E-state index in [1.807, 2.05) is 31.2 Å². The third-order valence-electron chi connectivity index (χ3n) is 4.92. The van der Waals surface area contributed by atoms with Gasteiger partial charge in [0.15, 0.2) is 5.82 Å². The Hall–Kier alpha value is -3.36. The molecule has 4 rings (SSSR count). The topological polar surface area (TPSA) is 75.9 Å². The number of benzene rings is 1. The van der Waals surface area contributed by atoms with Crippen LogP contribution in [0.1, 0.15) is 23.1 Å². The van der Waals surface area contributed by atoms with Crippen LogP contribution in [0.5, 0.6) is 0 Å². The lowest BCUT2D eigenvalue weighted by Crippen LogP contribution is -2.25. The summed E-state index contributed by atoms with van der Waals surface area (Å²) in [5, 5.41) is 11.2. The van der Waals surface area contributed by atoms with Gasteiger partial charge in [0.1, 0.15) is 5.82 Å². The van der Waals surface area contributed by atoms with E-state index >= 15 is 0 Å². The minimum Gasteiger partial charge on any atom is -0.350 e. The van der Waals surface area contributed by atoms with Crippen LogP contribution in [0.2, 0.25) is 0 Å². The maximum atomic E-state index is 13.3. The normalized spacial score (nSPS) is 15.4. The summed E-state index contributed by atoms with van der Waals surface area (Å²) in [7, 11) is 0. The largest absolute Gasteiger partial charge is 0.350 e. The van der Waals surface area contributed by atoms with Crippen molar-refractivity contribution in [3.05, 3.63) is 65.5 Å². The lowest BCUT2D eigenvalue weighted by molar-refractivity contribution is -0.115. The van der Waals surface area contributed by atoms with E-state index in [4.69, 9.17) is 0 Å². The highest BCUT2D eigenvalue weighted by Crippen LogP contribution is 2.29. The number of hydrogen-bond donors (Lipinski definition) is 1. The molecule has 156 valence electrons. The number of pyridine rings is 1. The molecule has 0 spiro atoms. The maximum absolute atomic E-state index is 13.3. The van der Waals surface area contributed by atoms with E-state index in [2.05, 4.69) is 20.5 Å². The molecule has 0 aliphatic carbocycles. The first-order valence-corrected chi connectivity index (χ1v) is 9.70. The number of amides is 1. The molecule has 1 fully saturated rings. The molecule has 0 unspecified atom stereocenters. The summed E-state index contributed by atoms with van der Waals surface area (Å²) in [6.07, 6.45) is 2.98. The van der Waals surface area contributed by atoms with Gasteiger partial charge in [-0.05, 0) is 24.1 Å². The first-order chi connectivity index (χ1) is 14.4. The number of rotatable bonds is 6. The highest BCUT2D eigenvalue weighted by Gasteiger charge is 2.38. The zero-order chi connectivity index (χ0) is 21.1. The molecular formula is C21H22F2N6O. The fourth-order valence-electron chi connectivity index (χ4n) is 3.30. The monoisotopic (exact) mass is 412 g/mol. The van der Waals surface area contributed by atoms with E-state index in [0.29, 0.717) is 23.7 Å². The molecule has 0 saturated carbocycles. The predicted molar refractivity (Wildman–Crippen MR) is 109 cm³/mol. The summed E-state index contributed by atoms with van der Waals surface area (Å²) < 4.78 is 26.7. The number of nitrogens with zero attached hydrogens (tertiary/aromatic N) is 5. The summed E-state index contributed by atoms with van der Waals surface area (Å²) in [6.45, 7) is 2.49. The molecule has 0 atom stereocenters. The van der Waals surface area contributed by atoms with Gasteiger partial charge in [-0.1, -0.05) is 35.9 Å². The van der Waals surface area contributed by atoms with Crippen molar-refractivity contribution in [3.8, 4) is 0 Å². The van der Waals surface area contributed by atoms with E-state index < -0.39 is 5.92 Å². The lowest BCUT2D eigenvalue weighted by Gasteiger charge is -2.17. The predicted octanol–water partition coefficient (Wildman–Crippen LogP) is 3.06. The second kappa shape index (κ2) is 8.17. The summed E-state index contributed by atoms with van der Waals surface area (Å²) in [4.78, 5) is 19.6. The van der Waals surface area contributed by atoms with Gasteiger partial charge >= 0.3 is 0 Å². The van der Waals surface area contributed by atoms with Gasteiger partial charge < -0.3 is 10.2 Å². The van der Waals surface area contributed by atoms with E-state index in [1.165, 1.54) is 16.6 Å². The second-order valence-electron chi connectivity index (χ2n) is 7.52. The fraction of sp³-hybridized carbons (Fsp3) is 0.333. The second-order valence-corrected chi connectivity index (χ2v) is 7.52. The van der Waals surface area contributed by atoms with Crippen LogP contribution in [0.15, 0.2) is 48.8 Å². The average molecular weight is 412 g/mol. The van der Waals surface area contributed by atoms with Crippen molar-refractivity contribution in [2.24, 2.45) is 0 Å². The Balaban J connectivity index is 1.30. The van der Waals surface area contributed by atoms with Crippen molar-refractivity contribution in [1.29, 1.82) is 0 Å². The number of aryl methyl sites for hydroxylation is 1. The Kier molecular flexibility index (Phi) is 5.43. The summed E-state index contributed by atoms with van der Waals surface area (Å²) in [5.41, 5.74) is 2.94. The lowest BCUT2D eigenvalue weighted by atomic mass is 10.1. The maximum Gasteiger partial charge on any atom is 0.266 e. The number of alkyl halides is 2. The first kappa shape index (κ1) is 19.9. The van der Waals surface area contributed by atoms with Crippen LogP contribution in [-0.2, 0) is 17.8 Å². The average Bonchev–Trinajstić information content (AvgIpc) is 3.30. The van der Waals surface area contributed by atoms with E-state index in [0.717, 1.165) is 5.56 Å². The van der Waals surface area contributed by atoms with E-state index in [1.54, 1.807) is 23.2 Å². The first-order valence-electron chi connectivity index (χ1n) is 9.70. The molecule has 0 radical (unpaired) electrons. The number of anilines is 2. The van der Waals surface area contributed by atoms with Gasteiger partial charge in [0.2, 0.25) is 5.91 Å². The summed E-state index contributed by atoms with van der Waals surface area (Å²) >= 11 is 0. The SMILES string of the molecule is Cc1ccc(Cn2ncc(NC(=O)Cc3ccc(N4CCC(F)(F)C4)nc3)n2)cc1. The van der Waals surface area contributed by atoms with Crippen molar-refractivity contribution in [1.82, 2.24) is 20.0 Å². The Labute approximate surface area is 172 Å². The smallest absolute Gasteiger partial charge is 0.266 e. The van der Waals surface area contributed by atoms with Crippen molar-refractivity contribution < 1.29 is 13.6 Å². The molecular weight excluding hydrogens is 390 g/mol. The number of aromatic nitrogens is 4. The molecule has 1 saturated heterocycles. The van der Waals surface area contributed by atoms with Gasteiger partial charge in [0, 0.05) is 19.2 Å². The molecule has 9 heteroatoms. The number of hydrogen-bond acceptors (Lipinski definition) is 5. The van der Waals surface area contributed by atoms with Crippen LogP contribution in [0, 0.1) is 6.92 Å². The van der Waals surface area contributed by atoms with Gasteiger partial charge in [0.05, 0.1) is 25.7 Å². The molecule has 2 aromatic heterocycles. The van der Waals surface area contributed by atoms with E-state index in [-0.39, 0.29) is 31.8 Å². The van der Waals surface area contributed by atoms with Crippen molar-refractivity contribution in [2.75, 3.05) is 23.3 Å². The Morgan fingerprint density at radius 3 is 2.57 bits per heavy atom. The van der Waals surface area contributed by atoms with E-state index in [9.17, 15) is 13.6 Å². The molecule has 1 aromatic carbocycles. The zero-order valence-corrected chi connectivity index (χ0v) is 16.6. The Morgan fingerprint density at radius 2 is 1.90 bits per heavy atom. The zero-order valence-electron chi connectivity index (χ0n) is 16.6. The standard InChI is InChI=1S/C21H22F2N6O/c1-15-2-4-16(5-3-15)13-29-25-12-18(27-29)26-20(30)10-17-6-7-19(24-11-17)28-9-8-21(22,23)14-28/h2-7,11-12H,8-10,13-14H2,1H3,(H,26,27,30). The van der Waals surface area contributed by atoms with Crippen LogP contribution < -0.4 is 10.2 Å². The van der Waals surface area contributed by atoms with Crippen LogP contribution in [0.25, 0.3) is 0 Å². The van der Waals surface area contributed by atoms with Gasteiger partial charge in [-0.25, -0.2) is 13.8 Å². The quantitative estimate of drug-likeness (QED) is 0.674. The molecule has 1 N–H and O–H groups in total. The van der Waals surface area contributed by atoms with Gasteiger partial charge in [-0.3, -0.25) is 4.79 Å². The molecule has 3 heterocycles. The molecule has 1 amide bonds. The van der Waals surface area contributed by atoms with Crippen LogP contribution in [-0.4, -0.2) is 44.9 Å². The minimum absolute atomic E-state index is 0.105. The van der Waals surface area contributed by atoms with Crippen molar-refractivity contribution in [3.63, 3.8) is 0 Å². The third kappa shape index (κ3) is 4.97. The summed E-state index contributed by atoms with van der Waals surface area (Å²) in [6, 6.07) is 11.5. The van der Waals surface area contributed by atoms with Crippen molar-refractivity contribution >= 4 is 17.5 Å². The van der Waals surface area contributed by atoms with Crippen LogP contribution in [0.4, 0.5) is 20.4 Å². The number of halogens is 2. The molecule has 3 aromatic rings. The number of carbonyl (C=O) groups is 1. The van der Waals surface area contributed by atoms with Gasteiger partial charge in [-0.15, -0.1) is 5.10 Å². The van der Waals surface area contributed by atoms with Crippen molar-refractivity contribution in [2.45, 2.75) is 32.2 Å². The van der Waals surface area contributed by atoms with Gasteiger partial charge in [0.25, 0.3) is 5.92 Å². The number of nitrogens with one attached hydrogen (secondary N) is 1. The fourth-order valence-corrected chi connectivity index (χ4v) is 3.30. The molecule has 1 aliphatic heterocycles. The number of carbonyl (C=O) groups excluding carboxylic acids is 1. The molecule has 1 aliphatic rings. The summed E-state index contributed by atoms with van der Waals surface area (Å²) in [5.74, 6) is -2.05. The third-order valence-corrected chi connectivity index (χ3v) is 4.92. The molecule has 7 nitrogen and oxygen atoms in total. The van der Waals surface area contributed by atoms with Gasteiger partial charge in [-0.2, -0.15) is 9.90 Å². The highest BCUT2D eigenvalue weighted by atomic mass is 19.3. The van der Waals surface area contributed by atoms with Crippen LogP contribution in [0.3, 0.4) is 0 Å². The highest BCUT2D eigenvalue weighted by molar-refractivity contribution is 5.91. The van der Waals surface area contributed by atoms with Crippen LogP contribution >= 0.6 is 0 Å². The minimum atomic E-state index is -2.67.